The molecule has 1 saturated heterocycles. The van der Waals surface area contributed by atoms with E-state index in [-0.39, 0.29) is 12.0 Å². The molecule has 0 unspecified atom stereocenters. The molecule has 0 amide bonds. The maximum absolute atomic E-state index is 9.83. The Morgan fingerprint density at radius 2 is 2.42 bits per heavy atom. The number of nitrogens with zero attached hydrogens (tertiary/aromatic N) is 2. The van der Waals surface area contributed by atoms with E-state index >= 15 is 0 Å². The van der Waals surface area contributed by atoms with Gasteiger partial charge in [0, 0.05) is 23.9 Å². The van der Waals surface area contributed by atoms with E-state index in [0.29, 0.717) is 0 Å². The molecule has 0 bridgehead atoms. The number of hydrogen-bond acceptors (Lipinski definition) is 4. The molecule has 4 heteroatoms. The van der Waals surface area contributed by atoms with Crippen molar-refractivity contribution in [3.63, 3.8) is 0 Å². The van der Waals surface area contributed by atoms with E-state index in [9.17, 15) is 5.11 Å². The lowest BCUT2D eigenvalue weighted by Crippen LogP contribution is -2.44. The summed E-state index contributed by atoms with van der Waals surface area (Å²) in [5, 5.41) is 11.9. The van der Waals surface area contributed by atoms with Crippen LogP contribution in [0, 0.1) is 5.41 Å². The number of allylic oxidation sites excluding steroid dienone is 2. The molecular weight excluding hydrogens is 256 g/mol. The summed E-state index contributed by atoms with van der Waals surface area (Å²) in [5.74, 6) is 0. The van der Waals surface area contributed by atoms with E-state index < -0.39 is 0 Å². The van der Waals surface area contributed by atoms with Crippen molar-refractivity contribution in [2.24, 2.45) is 5.41 Å². The summed E-state index contributed by atoms with van der Waals surface area (Å²) in [4.78, 5) is 6.80. The van der Waals surface area contributed by atoms with E-state index in [2.05, 4.69) is 35.2 Å². The van der Waals surface area contributed by atoms with Crippen LogP contribution in [0.4, 0.5) is 0 Å². The molecule has 0 saturated carbocycles. The van der Waals surface area contributed by atoms with Gasteiger partial charge in [0.25, 0.3) is 0 Å². The molecule has 2 heterocycles. The summed E-state index contributed by atoms with van der Waals surface area (Å²) in [7, 11) is 0. The van der Waals surface area contributed by atoms with Crippen LogP contribution in [0.25, 0.3) is 0 Å². The summed E-state index contributed by atoms with van der Waals surface area (Å²) in [6.07, 6.45) is 5.55. The molecule has 1 atom stereocenters. The van der Waals surface area contributed by atoms with Crippen LogP contribution in [0.1, 0.15) is 38.8 Å². The number of thiazole rings is 1. The molecular formula is C15H24N2OS. The number of hydrogen-bond donors (Lipinski definition) is 1. The molecule has 0 aliphatic carbocycles. The number of piperidine rings is 1. The van der Waals surface area contributed by atoms with Crippen molar-refractivity contribution >= 4 is 11.3 Å². The second-order valence-corrected chi connectivity index (χ2v) is 6.66. The fourth-order valence-corrected chi connectivity index (χ4v) is 3.32. The lowest BCUT2D eigenvalue weighted by Gasteiger charge is -2.41. The molecule has 2 rings (SSSR count). The Morgan fingerprint density at radius 1 is 1.58 bits per heavy atom. The summed E-state index contributed by atoms with van der Waals surface area (Å²) in [5.41, 5.74) is 4.43. The Hall–Kier alpha value is -0.710. The van der Waals surface area contributed by atoms with Crippen molar-refractivity contribution in [3.05, 3.63) is 28.2 Å². The minimum Gasteiger partial charge on any atom is -0.396 e. The third kappa shape index (κ3) is 4.13. The maximum atomic E-state index is 9.83. The normalized spacial score (nSPS) is 24.4. The van der Waals surface area contributed by atoms with Gasteiger partial charge in [0.2, 0.25) is 0 Å². The number of aliphatic hydroxyl groups excluding tert-OH is 1. The van der Waals surface area contributed by atoms with Crippen molar-refractivity contribution in [1.29, 1.82) is 0 Å². The number of rotatable bonds is 5. The Morgan fingerprint density at radius 3 is 3.05 bits per heavy atom. The second-order valence-electron chi connectivity index (χ2n) is 5.94. The highest BCUT2D eigenvalue weighted by Crippen LogP contribution is 2.34. The fraction of sp³-hybridized carbons (Fsp3) is 0.667. The van der Waals surface area contributed by atoms with Gasteiger partial charge in [0.1, 0.15) is 0 Å². The Bertz CT molecular complexity index is 412. The van der Waals surface area contributed by atoms with Gasteiger partial charge in [-0.1, -0.05) is 11.6 Å². The van der Waals surface area contributed by atoms with Gasteiger partial charge in [0.05, 0.1) is 17.8 Å². The van der Waals surface area contributed by atoms with Gasteiger partial charge in [-0.25, -0.2) is 4.98 Å². The van der Waals surface area contributed by atoms with Crippen molar-refractivity contribution in [1.82, 2.24) is 9.88 Å². The molecule has 19 heavy (non-hydrogen) atoms. The molecule has 0 aromatic carbocycles. The van der Waals surface area contributed by atoms with E-state index in [1.807, 2.05) is 5.51 Å². The summed E-state index contributed by atoms with van der Waals surface area (Å²) < 4.78 is 0. The van der Waals surface area contributed by atoms with E-state index in [1.54, 1.807) is 11.3 Å². The first-order chi connectivity index (χ1) is 9.13. The average molecular weight is 280 g/mol. The average Bonchev–Trinajstić information content (AvgIpc) is 2.90. The standard InChI is InChI=1S/C15H24N2OS/c1-13(2)4-6-15(11-18)5-3-7-17(10-15)8-14-9-19-12-16-14/h4,9,12,18H,3,5-8,10-11H2,1-2H3/t15-/m0/s1. The van der Waals surface area contributed by atoms with Gasteiger partial charge < -0.3 is 5.11 Å². The third-order valence-electron chi connectivity index (χ3n) is 3.89. The van der Waals surface area contributed by atoms with Gasteiger partial charge in [-0.3, -0.25) is 4.90 Å². The highest BCUT2D eigenvalue weighted by atomic mass is 32.1. The number of likely N-dealkylation sites (tertiary alicyclic amines) is 1. The molecule has 3 nitrogen and oxygen atoms in total. The lowest BCUT2D eigenvalue weighted by atomic mass is 9.77. The highest BCUT2D eigenvalue weighted by Gasteiger charge is 2.34. The topological polar surface area (TPSA) is 36.4 Å². The van der Waals surface area contributed by atoms with Crippen LogP contribution in [0.2, 0.25) is 0 Å². The Labute approximate surface area is 120 Å². The van der Waals surface area contributed by atoms with E-state index in [1.165, 1.54) is 12.0 Å². The fourth-order valence-electron chi connectivity index (χ4n) is 2.77. The Kier molecular flexibility index (Phi) is 5.13. The molecule has 0 radical (unpaired) electrons. The Balaban J connectivity index is 1.99. The summed E-state index contributed by atoms with van der Waals surface area (Å²) >= 11 is 1.65. The van der Waals surface area contributed by atoms with Gasteiger partial charge in [-0.15, -0.1) is 11.3 Å². The lowest BCUT2D eigenvalue weighted by molar-refractivity contribution is 0.0303. The van der Waals surface area contributed by atoms with Gasteiger partial charge in [0.15, 0.2) is 0 Å². The van der Waals surface area contributed by atoms with Crippen molar-refractivity contribution in [2.75, 3.05) is 19.7 Å². The molecule has 1 aliphatic rings. The van der Waals surface area contributed by atoms with Crippen LogP contribution >= 0.6 is 11.3 Å². The largest absolute Gasteiger partial charge is 0.396 e. The minimum atomic E-state index is 0.0472. The predicted molar refractivity (Wildman–Crippen MR) is 80.2 cm³/mol. The van der Waals surface area contributed by atoms with E-state index in [0.717, 1.165) is 38.2 Å². The van der Waals surface area contributed by atoms with Crippen molar-refractivity contribution in [2.45, 2.75) is 39.7 Å². The molecule has 1 aromatic rings. The quantitative estimate of drug-likeness (QED) is 0.842. The van der Waals surface area contributed by atoms with E-state index in [4.69, 9.17) is 0 Å². The highest BCUT2D eigenvalue weighted by molar-refractivity contribution is 7.07. The van der Waals surface area contributed by atoms with Gasteiger partial charge >= 0.3 is 0 Å². The van der Waals surface area contributed by atoms with Gasteiger partial charge in [-0.05, 0) is 39.7 Å². The van der Waals surface area contributed by atoms with Crippen LogP contribution in [-0.4, -0.2) is 34.7 Å². The molecule has 106 valence electrons. The first-order valence-corrected chi connectivity index (χ1v) is 7.91. The monoisotopic (exact) mass is 280 g/mol. The molecule has 1 aliphatic heterocycles. The summed E-state index contributed by atoms with van der Waals surface area (Å²) in [6, 6.07) is 0. The predicted octanol–water partition coefficient (Wildman–Crippen LogP) is 3.07. The maximum Gasteiger partial charge on any atom is 0.0795 e. The smallest absolute Gasteiger partial charge is 0.0795 e. The van der Waals surface area contributed by atoms with Crippen LogP contribution in [0.5, 0.6) is 0 Å². The zero-order valence-electron chi connectivity index (χ0n) is 11.9. The molecule has 1 fully saturated rings. The number of aliphatic hydroxyl groups is 1. The zero-order chi connectivity index (χ0) is 13.7. The molecule has 1 aromatic heterocycles. The van der Waals surface area contributed by atoms with Crippen molar-refractivity contribution in [3.8, 4) is 0 Å². The van der Waals surface area contributed by atoms with Crippen molar-refractivity contribution < 1.29 is 5.11 Å². The molecule has 1 N–H and O–H groups in total. The first-order valence-electron chi connectivity index (χ1n) is 6.97. The zero-order valence-corrected chi connectivity index (χ0v) is 12.7. The van der Waals surface area contributed by atoms with Gasteiger partial charge in [-0.2, -0.15) is 0 Å². The summed E-state index contributed by atoms with van der Waals surface area (Å²) in [6.45, 7) is 7.55. The number of aromatic nitrogens is 1. The van der Waals surface area contributed by atoms with Crippen LogP contribution in [-0.2, 0) is 6.54 Å². The second kappa shape index (κ2) is 6.64. The minimum absolute atomic E-state index is 0.0472. The van der Waals surface area contributed by atoms with Crippen LogP contribution in [0.3, 0.4) is 0 Å². The molecule has 0 spiro atoms. The SMILES string of the molecule is CC(C)=CC[C@@]1(CO)CCCN(Cc2cscn2)C1. The third-order valence-corrected chi connectivity index (χ3v) is 4.52. The van der Waals surface area contributed by atoms with Crippen LogP contribution < -0.4 is 0 Å². The first kappa shape index (κ1) is 14.7. The van der Waals surface area contributed by atoms with Crippen LogP contribution in [0.15, 0.2) is 22.5 Å².